The Morgan fingerprint density at radius 3 is 1.44 bits per heavy atom. The summed E-state index contributed by atoms with van der Waals surface area (Å²) in [4.78, 5) is 54.0. The van der Waals surface area contributed by atoms with Crippen LogP contribution in [0.2, 0.25) is 0 Å². The highest BCUT2D eigenvalue weighted by molar-refractivity contribution is 5.96. The predicted octanol–water partition coefficient (Wildman–Crippen LogP) is 4.17. The zero-order valence-corrected chi connectivity index (χ0v) is 25.1. The third-order valence-electron chi connectivity index (χ3n) is 7.39. The van der Waals surface area contributed by atoms with Crippen LogP contribution in [0.5, 0.6) is 11.5 Å². The minimum atomic E-state index is -0.819. The van der Waals surface area contributed by atoms with Crippen molar-refractivity contribution in [3.63, 3.8) is 0 Å². The number of carbonyl (C=O) groups excluding carboxylic acids is 4. The number of nitrogens with zero attached hydrogens (tertiary/aromatic N) is 2. The summed E-state index contributed by atoms with van der Waals surface area (Å²) < 4.78 is 22.6. The number of hydrogen-bond acceptors (Lipinski definition) is 8. The molecule has 4 amide bonds. The molecule has 0 saturated carbocycles. The van der Waals surface area contributed by atoms with E-state index in [9.17, 15) is 19.2 Å². The van der Waals surface area contributed by atoms with Gasteiger partial charge in [-0.2, -0.15) is 0 Å². The third-order valence-corrected chi connectivity index (χ3v) is 7.39. The van der Waals surface area contributed by atoms with Gasteiger partial charge in [-0.1, -0.05) is 36.4 Å². The molecule has 0 fully saturated rings. The number of urea groups is 2. The van der Waals surface area contributed by atoms with Crippen LogP contribution in [-0.4, -0.2) is 67.9 Å². The second-order valence-corrected chi connectivity index (χ2v) is 9.80. The molecule has 2 aliphatic rings. The number of ether oxygens (including phenoxy) is 4. The highest BCUT2D eigenvalue weighted by atomic mass is 16.7. The summed E-state index contributed by atoms with van der Waals surface area (Å²) in [7, 11) is 3.15. The van der Waals surface area contributed by atoms with Gasteiger partial charge < -0.3 is 39.4 Å². The van der Waals surface area contributed by atoms with Gasteiger partial charge in [-0.25, -0.2) is 19.2 Å². The van der Waals surface area contributed by atoms with Crippen LogP contribution in [-0.2, 0) is 19.1 Å². The third kappa shape index (κ3) is 6.27. The molecule has 2 aromatic rings. The zero-order chi connectivity index (χ0) is 31.3. The van der Waals surface area contributed by atoms with Crippen molar-refractivity contribution in [2.75, 3.05) is 34.1 Å². The molecule has 2 aromatic carbocycles. The Hall–Kier alpha value is -5.00. The van der Waals surface area contributed by atoms with Crippen LogP contribution in [0, 0.1) is 0 Å². The van der Waals surface area contributed by atoms with Gasteiger partial charge in [-0.15, -0.1) is 0 Å². The second-order valence-electron chi connectivity index (χ2n) is 9.80. The lowest BCUT2D eigenvalue weighted by molar-refractivity contribution is -0.140. The van der Waals surface area contributed by atoms with Gasteiger partial charge in [0.15, 0.2) is 0 Å². The molecule has 43 heavy (non-hydrogen) atoms. The van der Waals surface area contributed by atoms with Crippen LogP contribution in [0.1, 0.15) is 50.9 Å². The molecule has 0 aromatic heterocycles. The molecule has 2 unspecified atom stereocenters. The molecule has 228 valence electrons. The van der Waals surface area contributed by atoms with Crippen LogP contribution >= 0.6 is 0 Å². The van der Waals surface area contributed by atoms with E-state index in [-0.39, 0.29) is 43.2 Å². The van der Waals surface area contributed by atoms with Crippen molar-refractivity contribution in [2.24, 2.45) is 0 Å². The fourth-order valence-corrected chi connectivity index (χ4v) is 4.94. The van der Waals surface area contributed by atoms with Gasteiger partial charge in [-0.3, -0.25) is 0 Å². The van der Waals surface area contributed by atoms with Gasteiger partial charge in [0.1, 0.15) is 11.5 Å². The number of rotatable bonds is 10. The van der Waals surface area contributed by atoms with Gasteiger partial charge in [-0.05, 0) is 39.8 Å². The first-order chi connectivity index (χ1) is 20.6. The quantitative estimate of drug-likeness (QED) is 0.310. The van der Waals surface area contributed by atoms with Gasteiger partial charge >= 0.3 is 24.0 Å². The molecular weight excluding hydrogens is 556 g/mol. The molecule has 2 heterocycles. The van der Waals surface area contributed by atoms with Crippen LogP contribution < -0.4 is 20.1 Å². The van der Waals surface area contributed by atoms with Crippen molar-refractivity contribution in [2.45, 2.75) is 39.8 Å². The number of para-hydroxylation sites is 2. The Morgan fingerprint density at radius 2 is 1.07 bits per heavy atom. The van der Waals surface area contributed by atoms with E-state index < -0.39 is 24.0 Å². The lowest BCUT2D eigenvalue weighted by Gasteiger charge is -2.34. The van der Waals surface area contributed by atoms with Crippen molar-refractivity contribution in [1.29, 1.82) is 0 Å². The molecule has 0 bridgehead atoms. The van der Waals surface area contributed by atoms with Gasteiger partial charge in [0, 0.05) is 36.6 Å². The first-order valence-corrected chi connectivity index (χ1v) is 13.9. The highest BCUT2D eigenvalue weighted by Gasteiger charge is 2.38. The van der Waals surface area contributed by atoms with E-state index in [0.717, 1.165) is 0 Å². The summed E-state index contributed by atoms with van der Waals surface area (Å²) in [6.45, 7) is 6.89. The minimum absolute atomic E-state index is 0.176. The maximum Gasteiger partial charge on any atom is 0.338 e. The summed E-state index contributed by atoms with van der Waals surface area (Å²) in [5.74, 6) is -0.338. The van der Waals surface area contributed by atoms with E-state index in [4.69, 9.17) is 18.9 Å². The van der Waals surface area contributed by atoms with Crippen LogP contribution in [0.4, 0.5) is 9.59 Å². The number of amides is 4. The topological polar surface area (TPSA) is 136 Å². The number of esters is 2. The van der Waals surface area contributed by atoms with Crippen LogP contribution in [0.3, 0.4) is 0 Å². The lowest BCUT2D eigenvalue weighted by Crippen LogP contribution is -2.46. The number of nitrogens with one attached hydrogen (secondary N) is 2. The number of carbonyl (C=O) groups is 4. The molecule has 0 saturated heterocycles. The molecule has 0 spiro atoms. The number of allylic oxidation sites excluding steroid dienone is 2. The maximum atomic E-state index is 12.9. The Balaban J connectivity index is 1.61. The summed E-state index contributed by atoms with van der Waals surface area (Å²) >= 11 is 0. The molecule has 2 aliphatic heterocycles. The van der Waals surface area contributed by atoms with E-state index >= 15 is 0 Å². The molecule has 2 atom stereocenters. The minimum Gasteiger partial charge on any atom is -0.463 e. The van der Waals surface area contributed by atoms with Crippen LogP contribution in [0.25, 0.3) is 0 Å². The summed E-state index contributed by atoms with van der Waals surface area (Å²) in [6, 6.07) is 11.6. The smallest absolute Gasteiger partial charge is 0.338 e. The summed E-state index contributed by atoms with van der Waals surface area (Å²) in [5, 5.41) is 5.71. The fourth-order valence-electron chi connectivity index (χ4n) is 4.94. The molecule has 2 N–H and O–H groups in total. The standard InChI is InChI=1S/C31H36N4O8/c1-7-40-28(36)24-18(3)34(5)30(38)32-26(24)20-13-9-11-15-22(20)42-17-43-23-16-12-10-14-21(23)27-25(29(37)41-8-2)19(4)35(6)31(39)33-27/h9-16,26-27H,7-8,17H2,1-6H3,(H,32,38)(H,33,39). The first-order valence-electron chi connectivity index (χ1n) is 13.9. The first kappa shape index (κ1) is 30.9. The van der Waals surface area contributed by atoms with Crippen molar-refractivity contribution >= 4 is 24.0 Å². The Morgan fingerprint density at radius 1 is 0.698 bits per heavy atom. The predicted molar refractivity (Wildman–Crippen MR) is 156 cm³/mol. The second kappa shape index (κ2) is 13.3. The van der Waals surface area contributed by atoms with Gasteiger partial charge in [0.2, 0.25) is 6.79 Å². The Bertz CT molecular complexity index is 1370. The normalized spacial score (nSPS) is 18.7. The van der Waals surface area contributed by atoms with E-state index in [0.29, 0.717) is 34.0 Å². The highest BCUT2D eigenvalue weighted by Crippen LogP contribution is 2.37. The van der Waals surface area contributed by atoms with E-state index in [1.807, 2.05) is 0 Å². The zero-order valence-electron chi connectivity index (χ0n) is 25.1. The molecule has 0 aliphatic carbocycles. The molecular formula is C31H36N4O8. The van der Waals surface area contributed by atoms with Gasteiger partial charge in [0.25, 0.3) is 0 Å². The van der Waals surface area contributed by atoms with Crippen molar-refractivity contribution < 1.29 is 38.1 Å². The van der Waals surface area contributed by atoms with Crippen molar-refractivity contribution in [3.8, 4) is 11.5 Å². The number of hydrogen-bond donors (Lipinski definition) is 2. The average Bonchev–Trinajstić information content (AvgIpc) is 2.99. The maximum absolute atomic E-state index is 12.9. The van der Waals surface area contributed by atoms with E-state index in [2.05, 4.69) is 10.6 Å². The Labute approximate surface area is 250 Å². The SMILES string of the molecule is CCOC(=O)C1=C(C)N(C)C(=O)NC1c1ccccc1OCOc1ccccc1C1NC(=O)N(C)C(C)=C1C(=O)OCC. The number of benzene rings is 2. The molecule has 4 rings (SSSR count). The summed E-state index contributed by atoms with van der Waals surface area (Å²) in [6.07, 6.45) is 0. The van der Waals surface area contributed by atoms with E-state index in [1.165, 1.54) is 9.80 Å². The fraction of sp³-hybridized carbons (Fsp3) is 0.355. The van der Waals surface area contributed by atoms with E-state index in [1.54, 1.807) is 90.3 Å². The molecule has 0 radical (unpaired) electrons. The molecule has 12 nitrogen and oxygen atoms in total. The largest absolute Gasteiger partial charge is 0.463 e. The van der Waals surface area contributed by atoms with Gasteiger partial charge in [0.05, 0.1) is 36.4 Å². The lowest BCUT2D eigenvalue weighted by atomic mass is 9.94. The Kier molecular flexibility index (Phi) is 9.59. The monoisotopic (exact) mass is 592 g/mol. The van der Waals surface area contributed by atoms with Crippen molar-refractivity contribution in [3.05, 3.63) is 82.2 Å². The average molecular weight is 593 g/mol. The van der Waals surface area contributed by atoms with Crippen molar-refractivity contribution in [1.82, 2.24) is 20.4 Å². The van der Waals surface area contributed by atoms with Crippen LogP contribution in [0.15, 0.2) is 71.1 Å². The molecule has 12 heteroatoms. The summed E-state index contributed by atoms with van der Waals surface area (Å²) in [5.41, 5.74) is 2.58.